The van der Waals surface area contributed by atoms with Gasteiger partial charge in [-0.1, -0.05) is 12.1 Å². The number of ether oxygens (including phenoxy) is 1. The van der Waals surface area contributed by atoms with Crippen molar-refractivity contribution in [2.45, 2.75) is 18.9 Å². The standard InChI is InChI=1S/C9H9BF3O.K/c11-10(12,13)7-2-1-3-9(6-7)14-8-4-5-8;/h1-3,6,8H,4-5H2;/q-1;+1. The van der Waals surface area contributed by atoms with E-state index in [0.717, 1.165) is 25.0 Å². The van der Waals surface area contributed by atoms with Gasteiger partial charge in [0.15, 0.2) is 0 Å². The summed E-state index contributed by atoms with van der Waals surface area (Å²) < 4.78 is 42.3. The van der Waals surface area contributed by atoms with Crippen LogP contribution in [0.15, 0.2) is 24.3 Å². The molecule has 1 aromatic carbocycles. The van der Waals surface area contributed by atoms with Gasteiger partial charge in [0.25, 0.3) is 0 Å². The maximum atomic E-state index is 12.3. The van der Waals surface area contributed by atoms with E-state index in [-0.39, 0.29) is 57.5 Å². The zero-order valence-corrected chi connectivity index (χ0v) is 11.5. The Hall–Kier alpha value is 0.511. The van der Waals surface area contributed by atoms with Crippen molar-refractivity contribution < 1.29 is 69.1 Å². The first kappa shape index (κ1) is 13.6. The van der Waals surface area contributed by atoms with Crippen molar-refractivity contribution in [3.63, 3.8) is 0 Å². The second-order valence-corrected chi connectivity index (χ2v) is 3.46. The second-order valence-electron chi connectivity index (χ2n) is 3.46. The first-order valence-electron chi connectivity index (χ1n) is 4.52. The SMILES string of the molecule is F[B-](F)(F)c1cccc(OC2CC2)c1.[K+]. The molecule has 0 aliphatic heterocycles. The minimum atomic E-state index is -4.91. The molecule has 0 heterocycles. The fourth-order valence-corrected chi connectivity index (χ4v) is 1.17. The Balaban J connectivity index is 0.00000112. The molecule has 76 valence electrons. The van der Waals surface area contributed by atoms with Crippen molar-refractivity contribution in [2.75, 3.05) is 0 Å². The molecular formula is C9H9BF3KO. The van der Waals surface area contributed by atoms with Crippen LogP contribution in [0.25, 0.3) is 0 Å². The van der Waals surface area contributed by atoms with Crippen LogP contribution in [0.5, 0.6) is 5.75 Å². The van der Waals surface area contributed by atoms with Gasteiger partial charge in [-0.15, -0.1) is 5.46 Å². The summed E-state index contributed by atoms with van der Waals surface area (Å²) in [5.41, 5.74) is -0.594. The molecule has 0 aromatic heterocycles. The van der Waals surface area contributed by atoms with Crippen LogP contribution in [0.4, 0.5) is 12.9 Å². The molecule has 0 spiro atoms. The molecule has 0 unspecified atom stereocenters. The van der Waals surface area contributed by atoms with Crippen molar-refractivity contribution in [1.82, 2.24) is 0 Å². The van der Waals surface area contributed by atoms with E-state index in [1.54, 1.807) is 6.07 Å². The summed E-state index contributed by atoms with van der Waals surface area (Å²) in [7, 11) is 0. The van der Waals surface area contributed by atoms with Gasteiger partial charge in [0.05, 0.1) is 6.10 Å². The molecule has 0 saturated heterocycles. The van der Waals surface area contributed by atoms with Crippen molar-refractivity contribution >= 4 is 12.4 Å². The summed E-state index contributed by atoms with van der Waals surface area (Å²) >= 11 is 0. The van der Waals surface area contributed by atoms with Gasteiger partial charge in [0.2, 0.25) is 0 Å². The Bertz CT molecular complexity index is 338. The Labute approximate surface area is 129 Å². The summed E-state index contributed by atoms with van der Waals surface area (Å²) in [4.78, 5) is 0. The van der Waals surface area contributed by atoms with Crippen LogP contribution >= 0.6 is 0 Å². The normalized spacial score (nSPS) is 15.7. The molecule has 0 radical (unpaired) electrons. The maximum absolute atomic E-state index is 12.3. The Morgan fingerprint density at radius 3 is 2.40 bits per heavy atom. The largest absolute Gasteiger partial charge is 1.00 e. The molecule has 1 nitrogen and oxygen atoms in total. The van der Waals surface area contributed by atoms with E-state index in [4.69, 9.17) is 4.74 Å². The van der Waals surface area contributed by atoms with Crippen LogP contribution in [0.3, 0.4) is 0 Å². The predicted octanol–water partition coefficient (Wildman–Crippen LogP) is -0.714. The number of hydrogen-bond acceptors (Lipinski definition) is 1. The average molecular weight is 240 g/mol. The van der Waals surface area contributed by atoms with E-state index >= 15 is 0 Å². The van der Waals surface area contributed by atoms with Gasteiger partial charge in [-0.2, -0.15) is 0 Å². The van der Waals surface area contributed by atoms with E-state index in [1.165, 1.54) is 6.07 Å². The van der Waals surface area contributed by atoms with Crippen LogP contribution in [0.1, 0.15) is 12.8 Å². The zero-order valence-electron chi connectivity index (χ0n) is 8.42. The third kappa shape index (κ3) is 4.11. The minimum absolute atomic E-state index is 0. The molecule has 0 amide bonds. The molecule has 15 heavy (non-hydrogen) atoms. The molecule has 1 aromatic rings. The second kappa shape index (κ2) is 5.23. The molecule has 0 N–H and O–H groups in total. The number of rotatable bonds is 3. The van der Waals surface area contributed by atoms with E-state index in [2.05, 4.69) is 0 Å². The molecule has 0 bridgehead atoms. The minimum Gasteiger partial charge on any atom is -0.491 e. The van der Waals surface area contributed by atoms with Gasteiger partial charge in [0.1, 0.15) is 5.75 Å². The van der Waals surface area contributed by atoms with Crippen molar-refractivity contribution in [3.8, 4) is 5.75 Å². The molecular weight excluding hydrogens is 231 g/mol. The fourth-order valence-electron chi connectivity index (χ4n) is 1.17. The monoisotopic (exact) mass is 240 g/mol. The topological polar surface area (TPSA) is 9.23 Å². The summed E-state index contributed by atoms with van der Waals surface area (Å²) in [6.07, 6.45) is 2.02. The third-order valence-corrected chi connectivity index (χ3v) is 2.06. The maximum Gasteiger partial charge on any atom is 1.00 e. The average Bonchev–Trinajstić information content (AvgIpc) is 2.87. The molecule has 0 atom stereocenters. The number of halogens is 3. The molecule has 1 aliphatic carbocycles. The summed E-state index contributed by atoms with van der Waals surface area (Å²) in [5.74, 6) is 0.323. The third-order valence-electron chi connectivity index (χ3n) is 2.06. The van der Waals surface area contributed by atoms with Gasteiger partial charge in [-0.3, -0.25) is 0 Å². The van der Waals surface area contributed by atoms with E-state index in [9.17, 15) is 12.9 Å². The zero-order chi connectivity index (χ0) is 10.2. The molecule has 1 aliphatic rings. The van der Waals surface area contributed by atoms with Crippen LogP contribution in [0.2, 0.25) is 0 Å². The molecule has 2 rings (SSSR count). The predicted molar refractivity (Wildman–Crippen MR) is 48.8 cm³/mol. The summed E-state index contributed by atoms with van der Waals surface area (Å²) in [6, 6.07) is 5.07. The Morgan fingerprint density at radius 1 is 1.20 bits per heavy atom. The van der Waals surface area contributed by atoms with Gasteiger partial charge < -0.3 is 17.7 Å². The Kier molecular flexibility index (Phi) is 4.73. The summed E-state index contributed by atoms with van der Waals surface area (Å²) in [6.45, 7) is -4.91. The van der Waals surface area contributed by atoms with Crippen LogP contribution < -0.4 is 61.6 Å². The number of hydrogen-bond donors (Lipinski definition) is 0. The van der Waals surface area contributed by atoms with Crippen LogP contribution in [0, 0.1) is 0 Å². The van der Waals surface area contributed by atoms with E-state index in [0.29, 0.717) is 5.75 Å². The first-order valence-corrected chi connectivity index (χ1v) is 4.52. The Morgan fingerprint density at radius 2 is 1.87 bits per heavy atom. The smallest absolute Gasteiger partial charge is 0.491 e. The van der Waals surface area contributed by atoms with E-state index in [1.807, 2.05) is 0 Å². The van der Waals surface area contributed by atoms with Gasteiger partial charge in [0, 0.05) is 0 Å². The van der Waals surface area contributed by atoms with Gasteiger partial charge in [-0.05, 0) is 25.0 Å². The summed E-state index contributed by atoms with van der Waals surface area (Å²) in [5, 5.41) is 0. The molecule has 1 saturated carbocycles. The van der Waals surface area contributed by atoms with Crippen LogP contribution in [-0.2, 0) is 0 Å². The van der Waals surface area contributed by atoms with Crippen molar-refractivity contribution in [1.29, 1.82) is 0 Å². The van der Waals surface area contributed by atoms with E-state index < -0.39 is 12.4 Å². The van der Waals surface area contributed by atoms with Gasteiger partial charge >= 0.3 is 58.4 Å². The molecule has 1 fully saturated rings. The van der Waals surface area contributed by atoms with Gasteiger partial charge in [-0.25, -0.2) is 0 Å². The first-order chi connectivity index (χ1) is 6.55. The van der Waals surface area contributed by atoms with Crippen molar-refractivity contribution in [2.24, 2.45) is 0 Å². The quantitative estimate of drug-likeness (QED) is 0.634. The van der Waals surface area contributed by atoms with Crippen LogP contribution in [-0.4, -0.2) is 13.1 Å². The van der Waals surface area contributed by atoms with Crippen molar-refractivity contribution in [3.05, 3.63) is 24.3 Å². The number of benzene rings is 1. The molecule has 6 heteroatoms. The fraction of sp³-hybridized carbons (Fsp3) is 0.333.